The van der Waals surface area contributed by atoms with Gasteiger partial charge in [-0.1, -0.05) is 24.3 Å². The Hall–Kier alpha value is -2.40. The molecule has 0 aromatic heterocycles. The fourth-order valence-corrected chi connectivity index (χ4v) is 3.02. The number of methoxy groups -OCH3 is 1. The summed E-state index contributed by atoms with van der Waals surface area (Å²) in [4.78, 5) is 26.7. The van der Waals surface area contributed by atoms with Crippen LogP contribution in [0.5, 0.6) is 0 Å². The Morgan fingerprint density at radius 3 is 2.74 bits per heavy atom. The molecule has 0 aliphatic carbocycles. The van der Waals surface area contributed by atoms with E-state index in [4.69, 9.17) is 4.74 Å². The monoisotopic (exact) mass is 312 g/mol. The summed E-state index contributed by atoms with van der Waals surface area (Å²) in [5, 5.41) is 4.81. The maximum Gasteiger partial charge on any atom is 0.259 e. The van der Waals surface area contributed by atoms with Gasteiger partial charge in [0.1, 0.15) is 6.04 Å². The fourth-order valence-electron chi connectivity index (χ4n) is 3.02. The number of hydrogen-bond acceptors (Lipinski definition) is 3. The molecule has 0 bridgehead atoms. The van der Waals surface area contributed by atoms with E-state index in [1.165, 1.54) is 0 Å². The zero-order chi connectivity index (χ0) is 16.4. The van der Waals surface area contributed by atoms with Crippen LogP contribution < -0.4 is 10.2 Å². The van der Waals surface area contributed by atoms with Crippen LogP contribution in [0.4, 0.5) is 5.69 Å². The molecule has 2 aromatic rings. The van der Waals surface area contributed by atoms with Crippen LogP contribution in [0.3, 0.4) is 0 Å². The summed E-state index contributed by atoms with van der Waals surface area (Å²) in [7, 11) is 1.63. The van der Waals surface area contributed by atoms with Crippen molar-refractivity contribution in [3.8, 4) is 0 Å². The lowest BCUT2D eigenvalue weighted by atomic mass is 10.1. The maximum absolute atomic E-state index is 12.7. The third-order valence-electron chi connectivity index (χ3n) is 4.18. The first kappa shape index (κ1) is 15.5. The zero-order valence-corrected chi connectivity index (χ0v) is 13.3. The Morgan fingerprint density at radius 2 is 2.00 bits per heavy atom. The van der Waals surface area contributed by atoms with Crippen LogP contribution in [-0.2, 0) is 9.53 Å². The summed E-state index contributed by atoms with van der Waals surface area (Å²) in [5.41, 5.74) is 1.47. The first-order valence-corrected chi connectivity index (χ1v) is 7.77. The minimum atomic E-state index is -0.553. The molecular formula is C18H20N2O3. The lowest BCUT2D eigenvalue weighted by Gasteiger charge is -2.24. The third kappa shape index (κ3) is 2.68. The van der Waals surface area contributed by atoms with E-state index in [-0.39, 0.29) is 11.8 Å². The van der Waals surface area contributed by atoms with Gasteiger partial charge in [-0.05, 0) is 30.9 Å². The molecule has 1 heterocycles. The van der Waals surface area contributed by atoms with Gasteiger partial charge in [0.15, 0.2) is 0 Å². The van der Waals surface area contributed by atoms with Crippen molar-refractivity contribution in [1.82, 2.24) is 5.32 Å². The lowest BCUT2D eigenvalue weighted by molar-refractivity contribution is -0.122. The Bertz CT molecular complexity index is 752. The standard InChI is InChI=1S/C18H20N2O3/c1-12(17(21)19-10-5-11-23-2)20-15-9-4-7-13-6-3-8-14(16(13)15)18(20)22/h3-4,6-9,12H,5,10-11H2,1-2H3,(H,19,21)/t12-/m1/s1. The first-order valence-electron chi connectivity index (χ1n) is 7.77. The van der Waals surface area contributed by atoms with Crippen molar-refractivity contribution in [3.05, 3.63) is 42.0 Å². The molecule has 1 aliphatic heterocycles. The number of hydrogen-bond donors (Lipinski definition) is 1. The summed E-state index contributed by atoms with van der Waals surface area (Å²) < 4.78 is 4.97. The van der Waals surface area contributed by atoms with Crippen molar-refractivity contribution in [2.75, 3.05) is 25.2 Å². The van der Waals surface area contributed by atoms with Crippen molar-refractivity contribution >= 4 is 28.3 Å². The number of nitrogens with zero attached hydrogens (tertiary/aromatic N) is 1. The first-order chi connectivity index (χ1) is 11.1. The third-order valence-corrected chi connectivity index (χ3v) is 4.18. The molecule has 0 unspecified atom stereocenters. The molecule has 0 spiro atoms. The van der Waals surface area contributed by atoms with Crippen molar-refractivity contribution in [2.45, 2.75) is 19.4 Å². The minimum absolute atomic E-state index is 0.114. The molecule has 0 saturated heterocycles. The topological polar surface area (TPSA) is 58.6 Å². The number of carbonyl (C=O) groups excluding carboxylic acids is 2. The minimum Gasteiger partial charge on any atom is -0.385 e. The summed E-state index contributed by atoms with van der Waals surface area (Å²) in [6, 6.07) is 10.9. The van der Waals surface area contributed by atoms with E-state index in [0.717, 1.165) is 22.9 Å². The van der Waals surface area contributed by atoms with Gasteiger partial charge in [-0.2, -0.15) is 0 Å². The Kier molecular flexibility index (Phi) is 4.30. The van der Waals surface area contributed by atoms with Crippen LogP contribution in [0.1, 0.15) is 23.7 Å². The average molecular weight is 312 g/mol. The van der Waals surface area contributed by atoms with Gasteiger partial charge in [0, 0.05) is 31.2 Å². The molecule has 1 N–H and O–H groups in total. The Morgan fingerprint density at radius 1 is 1.26 bits per heavy atom. The molecule has 23 heavy (non-hydrogen) atoms. The quantitative estimate of drug-likeness (QED) is 0.833. The van der Waals surface area contributed by atoms with E-state index in [1.807, 2.05) is 36.4 Å². The highest BCUT2D eigenvalue weighted by Crippen LogP contribution is 2.38. The van der Waals surface area contributed by atoms with Crippen LogP contribution in [0, 0.1) is 0 Å². The van der Waals surface area contributed by atoms with Crippen LogP contribution >= 0.6 is 0 Å². The molecule has 2 aromatic carbocycles. The van der Waals surface area contributed by atoms with Crippen LogP contribution in [0.15, 0.2) is 36.4 Å². The highest BCUT2D eigenvalue weighted by molar-refractivity contribution is 6.26. The smallest absolute Gasteiger partial charge is 0.259 e. The predicted octanol–water partition coefficient (Wildman–Crippen LogP) is 2.34. The molecule has 0 radical (unpaired) electrons. The number of anilines is 1. The molecule has 5 nitrogen and oxygen atoms in total. The van der Waals surface area contributed by atoms with Gasteiger partial charge >= 0.3 is 0 Å². The van der Waals surface area contributed by atoms with E-state index in [2.05, 4.69) is 5.32 Å². The second kappa shape index (κ2) is 6.38. The zero-order valence-electron chi connectivity index (χ0n) is 13.3. The normalized spacial score (nSPS) is 14.3. The lowest BCUT2D eigenvalue weighted by Crippen LogP contribution is -2.47. The fraction of sp³-hybridized carbons (Fsp3) is 0.333. The van der Waals surface area contributed by atoms with Gasteiger partial charge in [0.25, 0.3) is 5.91 Å². The van der Waals surface area contributed by atoms with E-state index in [9.17, 15) is 9.59 Å². The van der Waals surface area contributed by atoms with Crippen molar-refractivity contribution in [2.24, 2.45) is 0 Å². The van der Waals surface area contributed by atoms with Crippen LogP contribution in [0.2, 0.25) is 0 Å². The highest BCUT2D eigenvalue weighted by atomic mass is 16.5. The van der Waals surface area contributed by atoms with Gasteiger partial charge in [0.2, 0.25) is 5.91 Å². The van der Waals surface area contributed by atoms with Gasteiger partial charge < -0.3 is 10.1 Å². The van der Waals surface area contributed by atoms with E-state index >= 15 is 0 Å². The van der Waals surface area contributed by atoms with Crippen molar-refractivity contribution < 1.29 is 14.3 Å². The molecule has 1 aliphatic rings. The van der Waals surface area contributed by atoms with Gasteiger partial charge in [-0.3, -0.25) is 14.5 Å². The van der Waals surface area contributed by atoms with E-state index in [0.29, 0.717) is 18.7 Å². The van der Waals surface area contributed by atoms with E-state index in [1.54, 1.807) is 18.9 Å². The van der Waals surface area contributed by atoms with Crippen molar-refractivity contribution in [1.29, 1.82) is 0 Å². The van der Waals surface area contributed by atoms with Crippen LogP contribution in [0.25, 0.3) is 10.8 Å². The number of ether oxygens (including phenoxy) is 1. The molecule has 5 heteroatoms. The molecule has 1 atom stereocenters. The number of benzene rings is 2. The Balaban J connectivity index is 1.83. The van der Waals surface area contributed by atoms with Gasteiger partial charge in [-0.15, -0.1) is 0 Å². The molecule has 120 valence electrons. The summed E-state index contributed by atoms with van der Waals surface area (Å²) in [5.74, 6) is -0.268. The summed E-state index contributed by atoms with van der Waals surface area (Å²) in [6.07, 6.45) is 0.749. The molecule has 2 amide bonds. The highest BCUT2D eigenvalue weighted by Gasteiger charge is 2.35. The largest absolute Gasteiger partial charge is 0.385 e. The molecule has 0 saturated carbocycles. The Labute approximate surface area is 135 Å². The average Bonchev–Trinajstić information content (AvgIpc) is 2.86. The maximum atomic E-state index is 12.7. The van der Waals surface area contributed by atoms with Gasteiger partial charge in [-0.25, -0.2) is 0 Å². The summed E-state index contributed by atoms with van der Waals surface area (Å²) in [6.45, 7) is 2.90. The molecule has 0 fully saturated rings. The van der Waals surface area contributed by atoms with Gasteiger partial charge in [0.05, 0.1) is 5.69 Å². The second-order valence-electron chi connectivity index (χ2n) is 5.67. The predicted molar refractivity (Wildman–Crippen MR) is 89.7 cm³/mol. The number of amides is 2. The van der Waals surface area contributed by atoms with Crippen LogP contribution in [-0.4, -0.2) is 38.1 Å². The molecule has 3 rings (SSSR count). The number of rotatable bonds is 6. The summed E-state index contributed by atoms with van der Waals surface area (Å²) >= 11 is 0. The SMILES string of the molecule is COCCCNC(=O)[C@@H](C)N1C(=O)c2cccc3cccc1c23. The second-order valence-corrected chi connectivity index (χ2v) is 5.67. The van der Waals surface area contributed by atoms with E-state index < -0.39 is 6.04 Å². The number of carbonyl (C=O) groups is 2. The molecular weight excluding hydrogens is 292 g/mol. The number of nitrogens with one attached hydrogen (secondary N) is 1. The van der Waals surface area contributed by atoms with Crippen molar-refractivity contribution in [3.63, 3.8) is 0 Å².